The Morgan fingerprint density at radius 2 is 1.08 bits per heavy atom. The largest absolute Gasteiger partial charge is 0.480 e. The molecule has 0 atom stereocenters. The van der Waals surface area contributed by atoms with Crippen molar-refractivity contribution in [3.8, 4) is 0 Å². The van der Waals surface area contributed by atoms with E-state index in [9.17, 15) is 28.8 Å². The van der Waals surface area contributed by atoms with Gasteiger partial charge in [0.25, 0.3) is 0 Å². The summed E-state index contributed by atoms with van der Waals surface area (Å²) < 4.78 is 10.1. The maximum Gasteiger partial charge on any atom is 0.337 e. The highest BCUT2D eigenvalue weighted by molar-refractivity contribution is 5.70. The van der Waals surface area contributed by atoms with Gasteiger partial charge in [-0.1, -0.05) is 0 Å². The van der Waals surface area contributed by atoms with Crippen molar-refractivity contribution >= 4 is 17.9 Å². The second-order valence-corrected chi connectivity index (χ2v) is 4.61. The van der Waals surface area contributed by atoms with Crippen LogP contribution in [-0.4, -0.2) is 49.9 Å². The van der Waals surface area contributed by atoms with Crippen LogP contribution in [0.2, 0.25) is 0 Å². The van der Waals surface area contributed by atoms with E-state index in [2.05, 4.69) is 9.47 Å². The molecule has 0 aromatic carbocycles. The second-order valence-electron chi connectivity index (χ2n) is 4.61. The smallest absolute Gasteiger partial charge is 0.337 e. The number of rotatable bonds is 8. The van der Waals surface area contributed by atoms with Crippen molar-refractivity contribution < 1.29 is 29.0 Å². The molecule has 0 saturated carbocycles. The molecule has 0 amide bonds. The van der Waals surface area contributed by atoms with E-state index in [1.807, 2.05) is 0 Å². The highest BCUT2D eigenvalue weighted by Crippen LogP contribution is 1.85. The van der Waals surface area contributed by atoms with Crippen molar-refractivity contribution in [3.63, 3.8) is 0 Å². The summed E-state index contributed by atoms with van der Waals surface area (Å²) in [7, 11) is 0. The highest BCUT2D eigenvalue weighted by Gasteiger charge is 2.21. The van der Waals surface area contributed by atoms with Gasteiger partial charge in [-0.15, -0.1) is 0 Å². The fourth-order valence-electron chi connectivity index (χ4n) is 1.90. The van der Waals surface area contributed by atoms with Gasteiger partial charge in [0.05, 0.1) is 13.2 Å². The van der Waals surface area contributed by atoms with Gasteiger partial charge in [-0.3, -0.25) is 14.4 Å². The number of carboxylic acids is 1. The Kier molecular flexibility index (Phi) is 6.84. The fraction of sp³-hybridized carbons (Fsp3) is 0.538. The maximum absolute atomic E-state index is 12.3. The Hall–Kier alpha value is -3.18. The number of aromatic nitrogens is 3. The number of hydrogen-bond donors (Lipinski definition) is 1. The SMILES string of the molecule is CCOC(=O)Cn1c(=O)n(CC(=O)O)c(=O)n(CC(=O)OCC)c1=O. The molecule has 138 valence electrons. The first-order valence-corrected chi connectivity index (χ1v) is 7.20. The van der Waals surface area contributed by atoms with Gasteiger partial charge in [0.15, 0.2) is 0 Å². The highest BCUT2D eigenvalue weighted by atomic mass is 16.5. The Balaban J connectivity index is 3.55. The molecule has 1 rings (SSSR count). The van der Waals surface area contributed by atoms with Crippen molar-refractivity contribution in [2.24, 2.45) is 0 Å². The lowest BCUT2D eigenvalue weighted by molar-refractivity contribution is -0.144. The van der Waals surface area contributed by atoms with Crippen molar-refractivity contribution in [3.05, 3.63) is 31.5 Å². The topological polar surface area (TPSA) is 156 Å². The molecule has 0 radical (unpaired) electrons. The van der Waals surface area contributed by atoms with Crippen LogP contribution < -0.4 is 17.1 Å². The number of carboxylic acid groups (broad SMARTS) is 1. The van der Waals surface area contributed by atoms with Crippen LogP contribution in [0.5, 0.6) is 0 Å². The van der Waals surface area contributed by atoms with Crippen LogP contribution in [0.3, 0.4) is 0 Å². The third kappa shape index (κ3) is 4.89. The number of aliphatic carboxylic acids is 1. The molecular formula is C13H17N3O9. The summed E-state index contributed by atoms with van der Waals surface area (Å²) in [5.41, 5.74) is -3.85. The summed E-state index contributed by atoms with van der Waals surface area (Å²) in [6, 6.07) is 0. The van der Waals surface area contributed by atoms with Crippen LogP contribution >= 0.6 is 0 Å². The lowest BCUT2D eigenvalue weighted by Gasteiger charge is -2.12. The first-order chi connectivity index (χ1) is 11.7. The minimum Gasteiger partial charge on any atom is -0.480 e. The molecule has 0 bridgehead atoms. The van der Waals surface area contributed by atoms with E-state index in [0.717, 1.165) is 0 Å². The van der Waals surface area contributed by atoms with Crippen LogP contribution in [0.15, 0.2) is 14.4 Å². The number of esters is 2. The Bertz CT molecular complexity index is 788. The summed E-state index contributed by atoms with van der Waals surface area (Å²) in [5, 5.41) is 8.82. The van der Waals surface area contributed by atoms with E-state index in [1.54, 1.807) is 0 Å². The molecule has 0 unspecified atom stereocenters. The fourth-order valence-corrected chi connectivity index (χ4v) is 1.90. The first kappa shape index (κ1) is 19.9. The third-order valence-corrected chi connectivity index (χ3v) is 2.86. The van der Waals surface area contributed by atoms with Gasteiger partial charge < -0.3 is 14.6 Å². The van der Waals surface area contributed by atoms with E-state index in [0.29, 0.717) is 9.13 Å². The number of hydrogen-bond acceptors (Lipinski definition) is 8. The zero-order valence-electron chi connectivity index (χ0n) is 13.6. The van der Waals surface area contributed by atoms with Crippen molar-refractivity contribution in [2.75, 3.05) is 13.2 Å². The van der Waals surface area contributed by atoms with Crippen molar-refractivity contribution in [1.29, 1.82) is 0 Å². The van der Waals surface area contributed by atoms with Crippen molar-refractivity contribution in [1.82, 2.24) is 13.7 Å². The summed E-state index contributed by atoms with van der Waals surface area (Å²) >= 11 is 0. The van der Waals surface area contributed by atoms with E-state index < -0.39 is 54.6 Å². The molecule has 1 aromatic heterocycles. The molecular weight excluding hydrogens is 342 g/mol. The predicted molar refractivity (Wildman–Crippen MR) is 80.1 cm³/mol. The molecule has 12 heteroatoms. The van der Waals surface area contributed by atoms with Crippen LogP contribution in [0.4, 0.5) is 0 Å². The molecule has 1 aromatic rings. The van der Waals surface area contributed by atoms with Gasteiger partial charge in [0.2, 0.25) is 0 Å². The van der Waals surface area contributed by atoms with E-state index in [4.69, 9.17) is 5.11 Å². The molecule has 0 saturated heterocycles. The quantitative estimate of drug-likeness (QED) is 0.491. The van der Waals surface area contributed by atoms with Crippen molar-refractivity contribution in [2.45, 2.75) is 33.5 Å². The summed E-state index contributed by atoms with van der Waals surface area (Å²) in [6.07, 6.45) is 0. The number of nitrogens with zero attached hydrogens (tertiary/aromatic N) is 3. The number of ether oxygens (including phenoxy) is 2. The van der Waals surface area contributed by atoms with Gasteiger partial charge in [-0.05, 0) is 13.8 Å². The van der Waals surface area contributed by atoms with Gasteiger partial charge in [-0.25, -0.2) is 28.1 Å². The summed E-state index contributed by atoms with van der Waals surface area (Å²) in [6.45, 7) is 0.251. The van der Waals surface area contributed by atoms with Crippen LogP contribution in [-0.2, 0) is 43.5 Å². The van der Waals surface area contributed by atoms with Gasteiger partial charge in [0, 0.05) is 0 Å². The molecule has 1 N–H and O–H groups in total. The minimum absolute atomic E-state index is 0.0145. The van der Waals surface area contributed by atoms with E-state index >= 15 is 0 Å². The van der Waals surface area contributed by atoms with E-state index in [1.165, 1.54) is 13.8 Å². The predicted octanol–water partition coefficient (Wildman–Crippen LogP) is -2.62. The lowest BCUT2D eigenvalue weighted by Crippen LogP contribution is -2.56. The Morgan fingerprint density at radius 1 is 0.760 bits per heavy atom. The van der Waals surface area contributed by atoms with Crippen LogP contribution in [0.25, 0.3) is 0 Å². The van der Waals surface area contributed by atoms with Gasteiger partial charge in [0.1, 0.15) is 19.6 Å². The monoisotopic (exact) mass is 359 g/mol. The second kappa shape index (κ2) is 8.61. The zero-order valence-corrected chi connectivity index (χ0v) is 13.6. The molecule has 0 aliphatic rings. The summed E-state index contributed by atoms with van der Waals surface area (Å²) in [4.78, 5) is 70.6. The molecule has 0 fully saturated rings. The van der Waals surface area contributed by atoms with E-state index in [-0.39, 0.29) is 17.8 Å². The van der Waals surface area contributed by atoms with Crippen LogP contribution in [0, 0.1) is 0 Å². The normalized spacial score (nSPS) is 10.3. The molecule has 0 aliphatic carbocycles. The van der Waals surface area contributed by atoms with Crippen LogP contribution in [0.1, 0.15) is 13.8 Å². The molecule has 25 heavy (non-hydrogen) atoms. The average molecular weight is 359 g/mol. The van der Waals surface area contributed by atoms with Gasteiger partial charge >= 0.3 is 35.0 Å². The maximum atomic E-state index is 12.3. The van der Waals surface area contributed by atoms with Gasteiger partial charge in [-0.2, -0.15) is 0 Å². The Labute approximate surface area is 139 Å². The zero-order chi connectivity index (χ0) is 19.1. The average Bonchev–Trinajstić information content (AvgIpc) is 2.53. The lowest BCUT2D eigenvalue weighted by atomic mass is 10.5. The third-order valence-electron chi connectivity index (χ3n) is 2.86. The number of carbonyl (C=O) groups is 3. The molecule has 12 nitrogen and oxygen atoms in total. The minimum atomic E-state index is -1.52. The molecule has 0 spiro atoms. The summed E-state index contributed by atoms with van der Waals surface area (Å²) in [5.74, 6) is -3.40. The number of carbonyl (C=O) groups excluding carboxylic acids is 2. The molecule has 1 heterocycles. The Morgan fingerprint density at radius 3 is 1.36 bits per heavy atom. The first-order valence-electron chi connectivity index (χ1n) is 7.20. The standard InChI is InChI=1S/C13H17N3O9/c1-3-24-9(19)6-15-11(21)14(5-8(17)18)12(22)16(13(15)23)7-10(20)25-4-2/h3-7H2,1-2H3,(H,17,18). The molecule has 0 aliphatic heterocycles.